The maximum Gasteiger partial charge on any atom is 0.231 e. The van der Waals surface area contributed by atoms with Crippen LogP contribution in [-0.2, 0) is 4.79 Å². The zero-order valence-electron chi connectivity index (χ0n) is 11.9. The van der Waals surface area contributed by atoms with Crippen molar-refractivity contribution >= 4 is 17.1 Å². The number of carbonyl (C=O) groups is 1. The Morgan fingerprint density at radius 2 is 2.05 bits per heavy atom. The average molecular weight is 279 g/mol. The van der Waals surface area contributed by atoms with E-state index >= 15 is 0 Å². The number of hydrogen-bond donors (Lipinski definition) is 1. The van der Waals surface area contributed by atoms with Crippen LogP contribution >= 0.6 is 0 Å². The molecule has 1 aromatic carbocycles. The first kappa shape index (κ1) is 13.4. The fourth-order valence-electron chi connectivity index (χ4n) is 2.49. The molecule has 0 fully saturated rings. The number of fused-ring (bicyclic) bond motifs is 1. The highest BCUT2D eigenvalue weighted by Gasteiger charge is 2.18. The third-order valence-electron chi connectivity index (χ3n) is 3.59. The van der Waals surface area contributed by atoms with Crippen molar-refractivity contribution in [3.05, 3.63) is 66.5 Å². The van der Waals surface area contributed by atoms with Crippen molar-refractivity contribution in [1.29, 1.82) is 0 Å². The quantitative estimate of drug-likeness (QED) is 0.795. The van der Waals surface area contributed by atoms with Crippen molar-refractivity contribution in [2.45, 2.75) is 19.3 Å². The molecule has 4 nitrogen and oxygen atoms in total. The van der Waals surface area contributed by atoms with Gasteiger partial charge in [-0.25, -0.2) is 4.52 Å². The number of carbonyl (C=O) groups excluding carboxylic acids is 1. The third kappa shape index (κ3) is 2.79. The summed E-state index contributed by atoms with van der Waals surface area (Å²) in [7, 11) is 0. The lowest BCUT2D eigenvalue weighted by Gasteiger charge is -2.15. The van der Waals surface area contributed by atoms with Gasteiger partial charge in [0.15, 0.2) is 0 Å². The molecule has 2 aromatic heterocycles. The fourth-order valence-corrected chi connectivity index (χ4v) is 2.49. The summed E-state index contributed by atoms with van der Waals surface area (Å²) in [5.74, 6) is -0.111. The lowest BCUT2D eigenvalue weighted by atomic mass is 9.95. The smallest absolute Gasteiger partial charge is 0.231 e. The van der Waals surface area contributed by atoms with E-state index in [-0.39, 0.29) is 11.8 Å². The number of hydrogen-bond acceptors (Lipinski definition) is 2. The highest BCUT2D eigenvalue weighted by molar-refractivity contribution is 5.96. The van der Waals surface area contributed by atoms with Gasteiger partial charge in [-0.05, 0) is 30.2 Å². The van der Waals surface area contributed by atoms with Crippen LogP contribution in [0.3, 0.4) is 0 Å². The summed E-state index contributed by atoms with van der Waals surface area (Å²) in [5, 5.41) is 7.14. The Morgan fingerprint density at radius 3 is 2.81 bits per heavy atom. The third-order valence-corrected chi connectivity index (χ3v) is 3.59. The topological polar surface area (TPSA) is 46.4 Å². The average Bonchev–Trinajstić information content (AvgIpc) is 2.96. The van der Waals surface area contributed by atoms with Gasteiger partial charge >= 0.3 is 0 Å². The molecule has 0 bridgehead atoms. The summed E-state index contributed by atoms with van der Waals surface area (Å²) in [6.07, 6.45) is 4.35. The molecule has 3 rings (SSSR count). The van der Waals surface area contributed by atoms with E-state index in [9.17, 15) is 4.79 Å². The SMILES string of the molecule is CC[C@H](C(=O)Nc1ccn2nccc2c1)c1ccccc1. The number of anilines is 1. The van der Waals surface area contributed by atoms with Gasteiger partial charge in [0.1, 0.15) is 0 Å². The Balaban J connectivity index is 1.81. The second-order valence-corrected chi connectivity index (χ2v) is 4.98. The molecule has 0 saturated heterocycles. The largest absolute Gasteiger partial charge is 0.325 e. The molecule has 1 atom stereocenters. The Bertz CT molecular complexity index is 749. The van der Waals surface area contributed by atoms with Gasteiger partial charge in [-0.3, -0.25) is 4.79 Å². The maximum atomic E-state index is 12.5. The molecule has 0 saturated carbocycles. The summed E-state index contributed by atoms with van der Waals surface area (Å²) in [5.41, 5.74) is 2.80. The van der Waals surface area contributed by atoms with Crippen LogP contribution in [0.2, 0.25) is 0 Å². The van der Waals surface area contributed by atoms with Crippen LogP contribution in [0.15, 0.2) is 60.9 Å². The van der Waals surface area contributed by atoms with Gasteiger partial charge in [-0.1, -0.05) is 37.3 Å². The molecule has 0 aliphatic heterocycles. The fraction of sp³-hybridized carbons (Fsp3) is 0.176. The van der Waals surface area contributed by atoms with Gasteiger partial charge in [-0.2, -0.15) is 5.10 Å². The number of nitrogens with zero attached hydrogens (tertiary/aromatic N) is 2. The van der Waals surface area contributed by atoms with Crippen molar-refractivity contribution in [1.82, 2.24) is 9.61 Å². The first-order valence-corrected chi connectivity index (χ1v) is 7.07. The van der Waals surface area contributed by atoms with E-state index < -0.39 is 0 Å². The minimum Gasteiger partial charge on any atom is -0.325 e. The van der Waals surface area contributed by atoms with Crippen LogP contribution in [0.1, 0.15) is 24.8 Å². The van der Waals surface area contributed by atoms with Gasteiger partial charge < -0.3 is 5.32 Å². The summed E-state index contributed by atoms with van der Waals surface area (Å²) in [6.45, 7) is 2.03. The van der Waals surface area contributed by atoms with E-state index in [2.05, 4.69) is 10.4 Å². The van der Waals surface area contributed by atoms with E-state index in [1.165, 1.54) is 0 Å². The van der Waals surface area contributed by atoms with Crippen LogP contribution in [0, 0.1) is 0 Å². The lowest BCUT2D eigenvalue weighted by Crippen LogP contribution is -2.20. The second-order valence-electron chi connectivity index (χ2n) is 4.98. The molecule has 0 spiro atoms. The van der Waals surface area contributed by atoms with Crippen molar-refractivity contribution in [3.63, 3.8) is 0 Å². The summed E-state index contributed by atoms with van der Waals surface area (Å²) >= 11 is 0. The number of benzene rings is 1. The van der Waals surface area contributed by atoms with E-state index in [1.807, 2.05) is 61.7 Å². The molecule has 21 heavy (non-hydrogen) atoms. The molecule has 1 amide bonds. The van der Waals surface area contributed by atoms with Gasteiger partial charge in [0, 0.05) is 18.1 Å². The normalized spacial score (nSPS) is 12.2. The van der Waals surface area contributed by atoms with Gasteiger partial charge in [-0.15, -0.1) is 0 Å². The second kappa shape index (κ2) is 5.79. The minimum absolute atomic E-state index is 0.0209. The predicted molar refractivity (Wildman–Crippen MR) is 83.3 cm³/mol. The molecular weight excluding hydrogens is 262 g/mol. The number of nitrogens with one attached hydrogen (secondary N) is 1. The summed E-state index contributed by atoms with van der Waals surface area (Å²) in [6, 6.07) is 15.6. The molecule has 3 aromatic rings. The van der Waals surface area contributed by atoms with Crippen LogP contribution in [0.25, 0.3) is 5.52 Å². The molecule has 2 heterocycles. The molecule has 0 unspecified atom stereocenters. The highest BCUT2D eigenvalue weighted by atomic mass is 16.1. The van der Waals surface area contributed by atoms with E-state index in [4.69, 9.17) is 0 Å². The van der Waals surface area contributed by atoms with Gasteiger partial charge in [0.05, 0.1) is 11.4 Å². The Hall–Kier alpha value is -2.62. The maximum absolute atomic E-state index is 12.5. The van der Waals surface area contributed by atoms with Crippen molar-refractivity contribution in [3.8, 4) is 0 Å². The summed E-state index contributed by atoms with van der Waals surface area (Å²) in [4.78, 5) is 12.5. The first-order chi connectivity index (χ1) is 10.3. The zero-order chi connectivity index (χ0) is 14.7. The Morgan fingerprint density at radius 1 is 1.24 bits per heavy atom. The molecule has 0 radical (unpaired) electrons. The van der Waals surface area contributed by atoms with E-state index in [0.29, 0.717) is 0 Å². The Kier molecular flexibility index (Phi) is 3.69. The Labute approximate surface area is 123 Å². The molecular formula is C17H17N3O. The van der Waals surface area contributed by atoms with Crippen LogP contribution in [-0.4, -0.2) is 15.5 Å². The van der Waals surface area contributed by atoms with Crippen LogP contribution < -0.4 is 5.32 Å². The summed E-state index contributed by atoms with van der Waals surface area (Å²) < 4.78 is 1.77. The lowest BCUT2D eigenvalue weighted by molar-refractivity contribution is -0.117. The van der Waals surface area contributed by atoms with E-state index in [1.54, 1.807) is 10.7 Å². The van der Waals surface area contributed by atoms with Gasteiger partial charge in [0.2, 0.25) is 5.91 Å². The number of amides is 1. The number of pyridine rings is 1. The predicted octanol–water partition coefficient (Wildman–Crippen LogP) is 3.47. The first-order valence-electron chi connectivity index (χ1n) is 7.07. The monoisotopic (exact) mass is 279 g/mol. The molecule has 4 heteroatoms. The van der Waals surface area contributed by atoms with Crippen LogP contribution in [0.5, 0.6) is 0 Å². The van der Waals surface area contributed by atoms with E-state index in [0.717, 1.165) is 23.2 Å². The number of aromatic nitrogens is 2. The van der Waals surface area contributed by atoms with Crippen molar-refractivity contribution < 1.29 is 4.79 Å². The minimum atomic E-state index is -0.132. The van der Waals surface area contributed by atoms with Crippen molar-refractivity contribution in [2.75, 3.05) is 5.32 Å². The standard InChI is InChI=1S/C17H17N3O/c1-2-16(13-6-4-3-5-7-13)17(21)19-14-9-11-20-15(12-14)8-10-18-20/h3-12,16H,2H2,1H3,(H,19,21)/t16-/m0/s1. The van der Waals surface area contributed by atoms with Gasteiger partial charge in [0.25, 0.3) is 0 Å². The zero-order valence-corrected chi connectivity index (χ0v) is 11.9. The molecule has 1 N–H and O–H groups in total. The molecule has 0 aliphatic rings. The number of rotatable bonds is 4. The van der Waals surface area contributed by atoms with Crippen LogP contribution in [0.4, 0.5) is 5.69 Å². The molecule has 0 aliphatic carbocycles. The van der Waals surface area contributed by atoms with Crippen molar-refractivity contribution in [2.24, 2.45) is 0 Å². The molecule has 106 valence electrons. The highest BCUT2D eigenvalue weighted by Crippen LogP contribution is 2.22.